The number of rotatable bonds is 4. The predicted octanol–water partition coefficient (Wildman–Crippen LogP) is 1.40. The number of nitrogens with zero attached hydrogens (tertiary/aromatic N) is 4. The maximum atomic E-state index is 12.8. The van der Waals surface area contributed by atoms with E-state index in [0.717, 1.165) is 45.2 Å². The van der Waals surface area contributed by atoms with Gasteiger partial charge in [-0.1, -0.05) is 19.3 Å². The van der Waals surface area contributed by atoms with Crippen LogP contribution in [0.15, 0.2) is 17.1 Å². The van der Waals surface area contributed by atoms with E-state index in [1.165, 1.54) is 16.6 Å². The van der Waals surface area contributed by atoms with E-state index in [2.05, 4.69) is 15.3 Å². The Kier molecular flexibility index (Phi) is 5.48. The number of hydrogen-bond acceptors (Lipinski definition) is 7. The molecule has 158 valence electrons. The van der Waals surface area contributed by atoms with Gasteiger partial charge in [-0.2, -0.15) is 4.98 Å². The first-order valence-corrected chi connectivity index (χ1v) is 12.1. The van der Waals surface area contributed by atoms with Crippen molar-refractivity contribution in [2.75, 3.05) is 29.4 Å². The molecule has 1 saturated heterocycles. The predicted molar refractivity (Wildman–Crippen MR) is 114 cm³/mol. The van der Waals surface area contributed by atoms with E-state index < -0.39 is 10.0 Å². The van der Waals surface area contributed by atoms with Crippen molar-refractivity contribution in [1.82, 2.24) is 19.9 Å². The summed E-state index contributed by atoms with van der Waals surface area (Å²) in [6, 6.07) is 1.26. The maximum Gasteiger partial charge on any atom is 0.254 e. The van der Waals surface area contributed by atoms with Crippen LogP contribution in [0.5, 0.6) is 0 Å². The van der Waals surface area contributed by atoms with Gasteiger partial charge in [0.25, 0.3) is 5.56 Å². The highest BCUT2D eigenvalue weighted by Gasteiger charge is 2.31. The highest BCUT2D eigenvalue weighted by Crippen LogP contribution is 2.31. The second-order valence-electron chi connectivity index (χ2n) is 8.05. The highest BCUT2D eigenvalue weighted by molar-refractivity contribution is 7.92. The van der Waals surface area contributed by atoms with Gasteiger partial charge in [0.05, 0.1) is 17.7 Å². The molecular weight excluding hydrogens is 392 g/mol. The molecule has 1 saturated carbocycles. The number of piperidine rings is 1. The minimum Gasteiger partial charge on any atom is -0.398 e. The molecule has 1 aliphatic carbocycles. The Morgan fingerprint density at radius 1 is 1.17 bits per heavy atom. The molecule has 0 aromatic carbocycles. The molecule has 2 aliphatic rings. The zero-order valence-corrected chi connectivity index (χ0v) is 17.5. The molecule has 0 amide bonds. The minimum absolute atomic E-state index is 0.0488. The minimum atomic E-state index is -3.58. The molecule has 4 rings (SSSR count). The first-order valence-electron chi connectivity index (χ1n) is 10.2. The lowest BCUT2D eigenvalue weighted by atomic mass is 9.95. The van der Waals surface area contributed by atoms with E-state index in [9.17, 15) is 13.2 Å². The van der Waals surface area contributed by atoms with Crippen LogP contribution < -0.4 is 20.9 Å². The van der Waals surface area contributed by atoms with Crippen LogP contribution in [0.2, 0.25) is 0 Å². The molecule has 0 atom stereocenters. The van der Waals surface area contributed by atoms with Crippen molar-refractivity contribution in [3.63, 3.8) is 0 Å². The molecule has 0 bridgehead atoms. The van der Waals surface area contributed by atoms with Crippen molar-refractivity contribution in [1.29, 1.82) is 0 Å². The van der Waals surface area contributed by atoms with Crippen LogP contribution in [-0.2, 0) is 10.0 Å². The van der Waals surface area contributed by atoms with Crippen LogP contribution in [0.4, 0.5) is 11.6 Å². The van der Waals surface area contributed by atoms with Gasteiger partial charge in [-0.15, -0.1) is 0 Å². The Balaban J connectivity index is 1.88. The van der Waals surface area contributed by atoms with E-state index in [-0.39, 0.29) is 23.6 Å². The van der Waals surface area contributed by atoms with Crippen LogP contribution in [-0.4, -0.2) is 48.3 Å². The van der Waals surface area contributed by atoms with Gasteiger partial charge in [-0.3, -0.25) is 9.36 Å². The molecule has 0 radical (unpaired) electrons. The topological polar surface area (TPSA) is 123 Å². The lowest BCUT2D eigenvalue weighted by Crippen LogP contribution is -2.46. The standard InChI is InChI=1S/C19H28N6O3S/c1-29(27,28)25(14-7-9-21-10-8-14)19-22-12-15-16(20)11-17(26)24(18(15)23-19)13-5-3-2-4-6-13/h11-14,21H,2-10,20H2,1H3. The summed E-state index contributed by atoms with van der Waals surface area (Å²) in [5, 5.41) is 3.83. The van der Waals surface area contributed by atoms with Gasteiger partial charge in [0, 0.05) is 24.0 Å². The summed E-state index contributed by atoms with van der Waals surface area (Å²) in [6.45, 7) is 1.48. The summed E-state index contributed by atoms with van der Waals surface area (Å²) in [5.74, 6) is 0.112. The van der Waals surface area contributed by atoms with Crippen LogP contribution in [0, 0.1) is 0 Å². The Morgan fingerprint density at radius 3 is 2.52 bits per heavy atom. The molecule has 0 spiro atoms. The fourth-order valence-corrected chi connectivity index (χ4v) is 5.69. The van der Waals surface area contributed by atoms with Gasteiger partial charge >= 0.3 is 0 Å². The second kappa shape index (κ2) is 7.91. The molecule has 3 N–H and O–H groups in total. The van der Waals surface area contributed by atoms with Crippen LogP contribution in [0.3, 0.4) is 0 Å². The van der Waals surface area contributed by atoms with Crippen molar-refractivity contribution in [2.24, 2.45) is 0 Å². The van der Waals surface area contributed by atoms with Crippen LogP contribution >= 0.6 is 0 Å². The summed E-state index contributed by atoms with van der Waals surface area (Å²) in [4.78, 5) is 21.8. The average molecular weight is 421 g/mol. The Labute approximate surface area is 170 Å². The number of nitrogen functional groups attached to an aromatic ring is 1. The number of nitrogens with one attached hydrogen (secondary N) is 1. The fraction of sp³-hybridized carbons (Fsp3) is 0.632. The SMILES string of the molecule is CS(=O)(=O)N(c1ncc2c(N)cc(=O)n(C3CCCCC3)c2n1)C1CCNCC1. The maximum absolute atomic E-state index is 12.8. The highest BCUT2D eigenvalue weighted by atomic mass is 32.2. The monoisotopic (exact) mass is 420 g/mol. The quantitative estimate of drug-likeness (QED) is 0.766. The number of anilines is 2. The molecule has 10 heteroatoms. The zero-order valence-electron chi connectivity index (χ0n) is 16.7. The van der Waals surface area contributed by atoms with E-state index in [1.807, 2.05) is 0 Å². The lowest BCUT2D eigenvalue weighted by molar-refractivity contribution is 0.353. The smallest absolute Gasteiger partial charge is 0.254 e. The van der Waals surface area contributed by atoms with Crippen molar-refractivity contribution in [3.8, 4) is 0 Å². The number of hydrogen-bond donors (Lipinski definition) is 2. The summed E-state index contributed by atoms with van der Waals surface area (Å²) in [7, 11) is -3.58. The molecule has 2 aromatic heterocycles. The zero-order chi connectivity index (χ0) is 20.6. The third-order valence-corrected chi connectivity index (χ3v) is 7.12. The summed E-state index contributed by atoms with van der Waals surface area (Å²) < 4.78 is 28.2. The molecule has 3 heterocycles. The molecule has 29 heavy (non-hydrogen) atoms. The molecule has 9 nitrogen and oxygen atoms in total. The van der Waals surface area contributed by atoms with E-state index in [0.29, 0.717) is 29.6 Å². The van der Waals surface area contributed by atoms with Gasteiger partial charge in [0.15, 0.2) is 5.65 Å². The fourth-order valence-electron chi connectivity index (χ4n) is 4.56. The molecule has 2 fully saturated rings. The molecular formula is C19H28N6O3S. The number of aromatic nitrogens is 3. The molecule has 2 aromatic rings. The van der Waals surface area contributed by atoms with Crippen LogP contribution in [0.1, 0.15) is 51.0 Å². The summed E-state index contributed by atoms with van der Waals surface area (Å²) >= 11 is 0. The van der Waals surface area contributed by atoms with Crippen molar-refractivity contribution >= 4 is 32.7 Å². The summed E-state index contributed by atoms with van der Waals surface area (Å²) in [6.07, 6.45) is 9.18. The van der Waals surface area contributed by atoms with Crippen molar-refractivity contribution < 1.29 is 8.42 Å². The number of fused-ring (bicyclic) bond motifs is 1. The Morgan fingerprint density at radius 2 is 1.86 bits per heavy atom. The van der Waals surface area contributed by atoms with Crippen molar-refractivity contribution in [3.05, 3.63) is 22.6 Å². The third-order valence-electron chi connectivity index (χ3n) is 5.95. The molecule has 1 aliphatic heterocycles. The Hall–Kier alpha value is -2.20. The van der Waals surface area contributed by atoms with Crippen molar-refractivity contribution in [2.45, 2.75) is 57.0 Å². The van der Waals surface area contributed by atoms with E-state index >= 15 is 0 Å². The van der Waals surface area contributed by atoms with Gasteiger partial charge in [-0.25, -0.2) is 17.7 Å². The number of nitrogens with two attached hydrogens (primary N) is 1. The average Bonchev–Trinajstić information content (AvgIpc) is 2.68. The molecule has 0 unspecified atom stereocenters. The van der Waals surface area contributed by atoms with Gasteiger partial charge in [0.2, 0.25) is 16.0 Å². The first kappa shape index (κ1) is 20.1. The van der Waals surface area contributed by atoms with Crippen LogP contribution in [0.25, 0.3) is 11.0 Å². The van der Waals surface area contributed by atoms with Gasteiger partial charge in [0.1, 0.15) is 0 Å². The van der Waals surface area contributed by atoms with Gasteiger partial charge < -0.3 is 11.1 Å². The van der Waals surface area contributed by atoms with E-state index in [1.54, 1.807) is 10.8 Å². The lowest BCUT2D eigenvalue weighted by Gasteiger charge is -2.33. The normalized spacial score (nSPS) is 19.5. The Bertz CT molecular complexity index is 1060. The largest absolute Gasteiger partial charge is 0.398 e. The first-order chi connectivity index (χ1) is 13.9. The number of pyridine rings is 1. The third kappa shape index (κ3) is 3.95. The summed E-state index contributed by atoms with van der Waals surface area (Å²) in [5.41, 5.74) is 6.62. The van der Waals surface area contributed by atoms with Gasteiger partial charge in [-0.05, 0) is 38.8 Å². The van der Waals surface area contributed by atoms with E-state index in [4.69, 9.17) is 5.73 Å². The second-order valence-corrected chi connectivity index (χ2v) is 9.91. The number of sulfonamides is 1.